The minimum Gasteiger partial charge on any atom is -0.352 e. The van der Waals surface area contributed by atoms with Crippen molar-refractivity contribution in [1.82, 2.24) is 20.5 Å². The van der Waals surface area contributed by atoms with Crippen molar-refractivity contribution in [2.75, 3.05) is 18.5 Å². The molecule has 0 saturated heterocycles. The predicted octanol–water partition coefficient (Wildman–Crippen LogP) is 2.32. The Kier molecular flexibility index (Phi) is 5.63. The fraction of sp³-hybridized carbons (Fsp3) is 0.438. The van der Waals surface area contributed by atoms with Gasteiger partial charge in [-0.2, -0.15) is 5.10 Å². The van der Waals surface area contributed by atoms with Crippen LogP contribution in [0.1, 0.15) is 30.4 Å². The summed E-state index contributed by atoms with van der Waals surface area (Å²) in [7, 11) is 2.00. The highest BCUT2D eigenvalue weighted by molar-refractivity contribution is 5.36. The molecule has 1 N–H and O–H groups in total. The molecule has 0 aliphatic rings. The summed E-state index contributed by atoms with van der Waals surface area (Å²) in [6, 6.07) is 10.1. The smallest absolute Gasteiger partial charge is 0.151 e. The molecule has 2 rings (SSSR count). The molecule has 0 fully saturated rings. The molecule has 0 amide bonds. The van der Waals surface area contributed by atoms with E-state index in [2.05, 4.69) is 32.3 Å². The summed E-state index contributed by atoms with van der Waals surface area (Å²) in [5.74, 6) is 0.859. The van der Waals surface area contributed by atoms with E-state index in [4.69, 9.17) is 0 Å². The van der Waals surface area contributed by atoms with Gasteiger partial charge >= 0.3 is 0 Å². The molecule has 0 atom stereocenters. The van der Waals surface area contributed by atoms with Gasteiger partial charge in [0.15, 0.2) is 5.82 Å². The van der Waals surface area contributed by atoms with Crippen molar-refractivity contribution in [2.45, 2.75) is 33.4 Å². The Hall–Kier alpha value is -2.01. The van der Waals surface area contributed by atoms with Gasteiger partial charge in [0.25, 0.3) is 0 Å². The first kappa shape index (κ1) is 15.4. The van der Waals surface area contributed by atoms with Crippen LogP contribution in [0.15, 0.2) is 30.3 Å². The Morgan fingerprint density at radius 1 is 1.10 bits per heavy atom. The Bertz CT molecular complexity index is 553. The number of aryl methyl sites for hydroxylation is 1. The van der Waals surface area contributed by atoms with Crippen molar-refractivity contribution in [3.05, 3.63) is 47.4 Å². The standard InChI is InChI=1S/C16H23N5/c1-4-10-17-11-14-8-9-16(20-19-14)21(3)12-15-7-5-6-13(2)18-15/h5-9,17H,4,10-12H2,1-3H3. The molecule has 2 aromatic rings. The SMILES string of the molecule is CCCNCc1ccc(N(C)Cc2cccc(C)n2)nn1. The van der Waals surface area contributed by atoms with E-state index in [1.165, 1.54) is 0 Å². The molecule has 0 aliphatic carbocycles. The number of hydrogen-bond donors (Lipinski definition) is 1. The van der Waals surface area contributed by atoms with Crippen LogP contribution in [0.5, 0.6) is 0 Å². The molecule has 5 heteroatoms. The molecule has 0 radical (unpaired) electrons. The summed E-state index contributed by atoms with van der Waals surface area (Å²) in [6.07, 6.45) is 1.12. The molecule has 0 aliphatic heterocycles. The summed E-state index contributed by atoms with van der Waals surface area (Å²) < 4.78 is 0. The van der Waals surface area contributed by atoms with Gasteiger partial charge in [-0.3, -0.25) is 4.98 Å². The number of aromatic nitrogens is 3. The molecule has 112 valence electrons. The Morgan fingerprint density at radius 3 is 2.62 bits per heavy atom. The van der Waals surface area contributed by atoms with E-state index in [0.29, 0.717) is 0 Å². The predicted molar refractivity (Wildman–Crippen MR) is 85.1 cm³/mol. The van der Waals surface area contributed by atoms with Crippen LogP contribution in [-0.4, -0.2) is 28.8 Å². The zero-order chi connectivity index (χ0) is 15.1. The third kappa shape index (κ3) is 4.79. The largest absolute Gasteiger partial charge is 0.352 e. The van der Waals surface area contributed by atoms with E-state index in [1.54, 1.807) is 0 Å². The lowest BCUT2D eigenvalue weighted by Crippen LogP contribution is -2.20. The molecule has 2 heterocycles. The van der Waals surface area contributed by atoms with E-state index in [-0.39, 0.29) is 0 Å². The van der Waals surface area contributed by atoms with Gasteiger partial charge in [-0.15, -0.1) is 5.10 Å². The first-order chi connectivity index (χ1) is 10.2. The molecule has 5 nitrogen and oxygen atoms in total. The van der Waals surface area contributed by atoms with E-state index in [9.17, 15) is 0 Å². The molecule has 0 unspecified atom stereocenters. The molecular weight excluding hydrogens is 262 g/mol. The van der Waals surface area contributed by atoms with Crippen LogP contribution < -0.4 is 10.2 Å². The van der Waals surface area contributed by atoms with Crippen LogP contribution in [-0.2, 0) is 13.1 Å². The van der Waals surface area contributed by atoms with Crippen LogP contribution >= 0.6 is 0 Å². The maximum Gasteiger partial charge on any atom is 0.151 e. The van der Waals surface area contributed by atoms with Gasteiger partial charge in [-0.25, -0.2) is 0 Å². The van der Waals surface area contributed by atoms with Crippen molar-refractivity contribution in [3.8, 4) is 0 Å². The average Bonchev–Trinajstić information content (AvgIpc) is 2.48. The minimum atomic E-state index is 0.726. The van der Waals surface area contributed by atoms with Crippen LogP contribution in [0.4, 0.5) is 5.82 Å². The van der Waals surface area contributed by atoms with Gasteiger partial charge in [-0.1, -0.05) is 13.0 Å². The summed E-state index contributed by atoms with van der Waals surface area (Å²) in [6.45, 7) is 6.65. The maximum atomic E-state index is 4.51. The van der Waals surface area contributed by atoms with Gasteiger partial charge in [0, 0.05) is 19.3 Å². The number of pyridine rings is 1. The lowest BCUT2D eigenvalue weighted by atomic mass is 10.3. The van der Waals surface area contributed by atoms with E-state index >= 15 is 0 Å². The third-order valence-electron chi connectivity index (χ3n) is 3.17. The third-order valence-corrected chi connectivity index (χ3v) is 3.17. The molecule has 0 bridgehead atoms. The van der Waals surface area contributed by atoms with Crippen molar-refractivity contribution >= 4 is 5.82 Å². The summed E-state index contributed by atoms with van der Waals surface area (Å²) in [4.78, 5) is 6.56. The first-order valence-corrected chi connectivity index (χ1v) is 7.36. The number of hydrogen-bond acceptors (Lipinski definition) is 5. The second-order valence-electron chi connectivity index (χ2n) is 5.19. The van der Waals surface area contributed by atoms with Crippen molar-refractivity contribution < 1.29 is 0 Å². The molecule has 2 aromatic heterocycles. The Balaban J connectivity index is 1.94. The molecule has 0 saturated carbocycles. The second-order valence-corrected chi connectivity index (χ2v) is 5.19. The lowest BCUT2D eigenvalue weighted by molar-refractivity contribution is 0.655. The first-order valence-electron chi connectivity index (χ1n) is 7.36. The van der Waals surface area contributed by atoms with Crippen molar-refractivity contribution in [3.63, 3.8) is 0 Å². The topological polar surface area (TPSA) is 53.9 Å². The average molecular weight is 285 g/mol. The molecule has 21 heavy (non-hydrogen) atoms. The highest BCUT2D eigenvalue weighted by Crippen LogP contribution is 2.11. The second kappa shape index (κ2) is 7.69. The van der Waals surface area contributed by atoms with E-state index < -0.39 is 0 Å². The number of nitrogens with zero attached hydrogens (tertiary/aromatic N) is 4. The highest BCUT2D eigenvalue weighted by Gasteiger charge is 2.06. The Morgan fingerprint density at radius 2 is 1.95 bits per heavy atom. The lowest BCUT2D eigenvalue weighted by Gasteiger charge is -2.17. The van der Waals surface area contributed by atoms with E-state index in [0.717, 1.165) is 49.0 Å². The van der Waals surface area contributed by atoms with Crippen LogP contribution in [0.3, 0.4) is 0 Å². The van der Waals surface area contributed by atoms with Crippen LogP contribution in [0.25, 0.3) is 0 Å². The summed E-state index contributed by atoms with van der Waals surface area (Å²) >= 11 is 0. The van der Waals surface area contributed by atoms with Gasteiger partial charge in [-0.05, 0) is 44.2 Å². The zero-order valence-electron chi connectivity index (χ0n) is 13.0. The van der Waals surface area contributed by atoms with Gasteiger partial charge in [0.2, 0.25) is 0 Å². The fourth-order valence-electron chi connectivity index (χ4n) is 2.06. The zero-order valence-corrected chi connectivity index (χ0v) is 13.0. The van der Waals surface area contributed by atoms with Crippen LogP contribution in [0, 0.1) is 6.92 Å². The van der Waals surface area contributed by atoms with Crippen molar-refractivity contribution in [2.24, 2.45) is 0 Å². The normalized spacial score (nSPS) is 10.6. The molecule has 0 spiro atoms. The minimum absolute atomic E-state index is 0.726. The monoisotopic (exact) mass is 285 g/mol. The van der Waals surface area contributed by atoms with Crippen LogP contribution in [0.2, 0.25) is 0 Å². The van der Waals surface area contributed by atoms with Gasteiger partial charge in [0.1, 0.15) is 0 Å². The van der Waals surface area contributed by atoms with E-state index in [1.807, 2.05) is 44.3 Å². The number of nitrogens with one attached hydrogen (secondary N) is 1. The quantitative estimate of drug-likeness (QED) is 0.791. The fourth-order valence-corrected chi connectivity index (χ4v) is 2.06. The number of rotatable bonds is 7. The maximum absolute atomic E-state index is 4.51. The number of anilines is 1. The Labute approximate surface area is 126 Å². The summed E-state index contributed by atoms with van der Waals surface area (Å²) in [5.41, 5.74) is 3.03. The molecule has 0 aromatic carbocycles. The van der Waals surface area contributed by atoms with Gasteiger partial charge in [0.05, 0.1) is 17.9 Å². The van der Waals surface area contributed by atoms with Gasteiger partial charge < -0.3 is 10.2 Å². The van der Waals surface area contributed by atoms with Crippen molar-refractivity contribution in [1.29, 1.82) is 0 Å². The summed E-state index contributed by atoms with van der Waals surface area (Å²) in [5, 5.41) is 11.9. The highest BCUT2D eigenvalue weighted by atomic mass is 15.2. The molecular formula is C16H23N5.